The summed E-state index contributed by atoms with van der Waals surface area (Å²) >= 11 is 0. The number of imidazole rings is 1. The molecule has 1 atom stereocenters. The molecule has 1 N–H and O–H groups in total. The summed E-state index contributed by atoms with van der Waals surface area (Å²) in [7, 11) is 0. The minimum absolute atomic E-state index is 0.561. The molecule has 0 saturated carbocycles. The Balaban J connectivity index is 1.91. The lowest BCUT2D eigenvalue weighted by molar-refractivity contribution is 0.457. The van der Waals surface area contributed by atoms with Gasteiger partial charge in [0.1, 0.15) is 0 Å². The van der Waals surface area contributed by atoms with Crippen LogP contribution in [0.1, 0.15) is 25.3 Å². The highest BCUT2D eigenvalue weighted by molar-refractivity contribution is 5.58. The Morgan fingerprint density at radius 3 is 2.89 bits per heavy atom. The lowest BCUT2D eigenvalue weighted by Crippen LogP contribution is -2.15. The smallest absolute Gasteiger partial charge is 0.0953 e. The Bertz CT molecular complexity index is 484. The van der Waals surface area contributed by atoms with Crippen LogP contribution in [0.25, 0.3) is 11.3 Å². The zero-order chi connectivity index (χ0) is 12.2. The predicted octanol–water partition coefficient (Wildman–Crippen LogP) is 2.26. The van der Waals surface area contributed by atoms with Crippen LogP contribution in [-0.4, -0.2) is 27.6 Å². The maximum Gasteiger partial charge on any atom is 0.0953 e. The van der Waals surface area contributed by atoms with Crippen LogP contribution in [-0.2, 0) is 0 Å². The highest BCUT2D eigenvalue weighted by Crippen LogP contribution is 2.27. The van der Waals surface area contributed by atoms with Gasteiger partial charge in [-0.2, -0.15) is 0 Å². The van der Waals surface area contributed by atoms with E-state index in [9.17, 15) is 0 Å². The maximum atomic E-state index is 4.33. The largest absolute Gasteiger partial charge is 0.327 e. The number of nitrogens with zero attached hydrogens (tertiary/aromatic N) is 3. The fourth-order valence-corrected chi connectivity index (χ4v) is 2.62. The van der Waals surface area contributed by atoms with Crippen LogP contribution in [0, 0.1) is 0 Å². The molecule has 4 nitrogen and oxygen atoms in total. The predicted molar refractivity (Wildman–Crippen MR) is 71.2 cm³/mol. The van der Waals surface area contributed by atoms with Gasteiger partial charge in [-0.1, -0.05) is 0 Å². The molecule has 3 heterocycles. The Morgan fingerprint density at radius 1 is 1.11 bits per heavy atom. The van der Waals surface area contributed by atoms with Gasteiger partial charge in [0.15, 0.2) is 0 Å². The summed E-state index contributed by atoms with van der Waals surface area (Å²) in [5.41, 5.74) is 2.39. The van der Waals surface area contributed by atoms with Crippen LogP contribution in [0.4, 0.5) is 0 Å². The lowest BCUT2D eigenvalue weighted by atomic mass is 10.1. The third-order valence-electron chi connectivity index (χ3n) is 3.58. The van der Waals surface area contributed by atoms with Crippen molar-refractivity contribution in [1.29, 1.82) is 0 Å². The first-order chi connectivity index (χ1) is 8.95. The van der Waals surface area contributed by atoms with Crippen LogP contribution in [0.2, 0.25) is 0 Å². The van der Waals surface area contributed by atoms with Crippen LogP contribution >= 0.6 is 0 Å². The van der Waals surface area contributed by atoms with Gasteiger partial charge in [0.25, 0.3) is 0 Å². The van der Waals surface area contributed by atoms with Gasteiger partial charge in [-0.25, -0.2) is 4.98 Å². The first-order valence-electron chi connectivity index (χ1n) is 6.58. The van der Waals surface area contributed by atoms with E-state index < -0.39 is 0 Å². The number of rotatable bonds is 2. The molecule has 0 aliphatic carbocycles. The maximum absolute atomic E-state index is 4.33. The summed E-state index contributed by atoms with van der Waals surface area (Å²) in [5, 5.41) is 3.45. The van der Waals surface area contributed by atoms with Crippen molar-refractivity contribution in [1.82, 2.24) is 19.9 Å². The van der Waals surface area contributed by atoms with Crippen LogP contribution in [0.3, 0.4) is 0 Å². The number of aromatic nitrogens is 3. The molecule has 0 bridgehead atoms. The number of hydrogen-bond donors (Lipinski definition) is 1. The fraction of sp³-hybridized carbons (Fsp3) is 0.429. The monoisotopic (exact) mass is 242 g/mol. The van der Waals surface area contributed by atoms with E-state index in [1.807, 2.05) is 37.1 Å². The van der Waals surface area contributed by atoms with Crippen molar-refractivity contribution in [2.24, 2.45) is 0 Å². The van der Waals surface area contributed by atoms with E-state index in [1.54, 1.807) is 0 Å². The van der Waals surface area contributed by atoms with Gasteiger partial charge in [-0.3, -0.25) is 4.98 Å². The fourth-order valence-electron chi connectivity index (χ4n) is 2.62. The van der Waals surface area contributed by atoms with Gasteiger partial charge >= 0.3 is 0 Å². The van der Waals surface area contributed by atoms with Crippen molar-refractivity contribution in [2.75, 3.05) is 13.1 Å². The molecule has 1 aliphatic rings. The van der Waals surface area contributed by atoms with E-state index in [0.29, 0.717) is 6.04 Å². The Kier molecular flexibility index (Phi) is 3.37. The molecular weight excluding hydrogens is 224 g/mol. The zero-order valence-electron chi connectivity index (χ0n) is 10.4. The Hall–Kier alpha value is -1.68. The molecule has 1 aliphatic heterocycles. The van der Waals surface area contributed by atoms with Gasteiger partial charge in [-0.05, 0) is 44.5 Å². The van der Waals surface area contributed by atoms with Crippen molar-refractivity contribution in [3.05, 3.63) is 37.1 Å². The number of hydrogen-bond acceptors (Lipinski definition) is 3. The minimum atomic E-state index is 0.561. The van der Waals surface area contributed by atoms with Gasteiger partial charge in [0.2, 0.25) is 0 Å². The van der Waals surface area contributed by atoms with Gasteiger partial charge in [0.05, 0.1) is 18.2 Å². The molecule has 1 saturated heterocycles. The Labute approximate surface area is 107 Å². The number of nitrogens with one attached hydrogen (secondary N) is 1. The number of pyridine rings is 1. The highest BCUT2D eigenvalue weighted by Gasteiger charge is 2.16. The summed E-state index contributed by atoms with van der Waals surface area (Å²) in [6.45, 7) is 2.23. The molecule has 2 aromatic heterocycles. The van der Waals surface area contributed by atoms with Crippen molar-refractivity contribution < 1.29 is 0 Å². The van der Waals surface area contributed by atoms with E-state index >= 15 is 0 Å². The van der Waals surface area contributed by atoms with E-state index in [1.165, 1.54) is 30.5 Å². The minimum Gasteiger partial charge on any atom is -0.327 e. The summed E-state index contributed by atoms with van der Waals surface area (Å²) in [5.74, 6) is 0. The lowest BCUT2D eigenvalue weighted by Gasteiger charge is -2.18. The first kappa shape index (κ1) is 11.4. The summed E-state index contributed by atoms with van der Waals surface area (Å²) in [6.07, 6.45) is 11.2. The van der Waals surface area contributed by atoms with Crippen molar-refractivity contribution in [2.45, 2.75) is 25.3 Å². The molecule has 94 valence electrons. The molecule has 1 fully saturated rings. The average Bonchev–Trinajstić information content (AvgIpc) is 2.75. The molecule has 18 heavy (non-hydrogen) atoms. The van der Waals surface area contributed by atoms with E-state index in [0.717, 1.165) is 13.1 Å². The highest BCUT2D eigenvalue weighted by atomic mass is 15.1. The molecule has 3 rings (SSSR count). The molecular formula is C14H18N4. The third kappa shape index (κ3) is 2.29. The summed E-state index contributed by atoms with van der Waals surface area (Å²) in [6, 6.07) is 4.65. The summed E-state index contributed by atoms with van der Waals surface area (Å²) in [4.78, 5) is 8.40. The third-order valence-corrected chi connectivity index (χ3v) is 3.58. The van der Waals surface area contributed by atoms with Gasteiger partial charge in [0, 0.05) is 24.0 Å². The van der Waals surface area contributed by atoms with E-state index in [4.69, 9.17) is 0 Å². The molecule has 1 unspecified atom stereocenters. The zero-order valence-corrected chi connectivity index (χ0v) is 10.4. The van der Waals surface area contributed by atoms with Gasteiger partial charge < -0.3 is 9.88 Å². The topological polar surface area (TPSA) is 42.7 Å². The molecule has 0 amide bonds. The van der Waals surface area contributed by atoms with Crippen LogP contribution < -0.4 is 5.32 Å². The SMILES string of the molecule is c1cc(-c2cncn2C2CCCNCC2)ccn1. The first-order valence-corrected chi connectivity index (χ1v) is 6.58. The second-order valence-electron chi connectivity index (χ2n) is 4.76. The van der Waals surface area contributed by atoms with Crippen molar-refractivity contribution in [3.63, 3.8) is 0 Å². The quantitative estimate of drug-likeness (QED) is 0.878. The van der Waals surface area contributed by atoms with Crippen LogP contribution in [0.15, 0.2) is 37.1 Å². The molecule has 2 aromatic rings. The average molecular weight is 242 g/mol. The van der Waals surface area contributed by atoms with Gasteiger partial charge in [-0.15, -0.1) is 0 Å². The van der Waals surface area contributed by atoms with Crippen LogP contribution in [0.5, 0.6) is 0 Å². The van der Waals surface area contributed by atoms with Crippen molar-refractivity contribution >= 4 is 0 Å². The standard InChI is InChI=1S/C14H18N4/c1-2-13(5-9-15-6-1)18-11-17-10-14(18)12-3-7-16-8-4-12/h3-4,7-8,10-11,13,15H,1-2,5-6,9H2. The summed E-state index contributed by atoms with van der Waals surface area (Å²) < 4.78 is 2.32. The second kappa shape index (κ2) is 5.31. The molecule has 4 heteroatoms. The van der Waals surface area contributed by atoms with E-state index in [2.05, 4.69) is 19.9 Å². The molecule has 0 radical (unpaired) electrons. The normalized spacial score (nSPS) is 20.6. The molecule has 0 aromatic carbocycles. The second-order valence-corrected chi connectivity index (χ2v) is 4.76. The van der Waals surface area contributed by atoms with E-state index in [-0.39, 0.29) is 0 Å². The van der Waals surface area contributed by atoms with Crippen molar-refractivity contribution in [3.8, 4) is 11.3 Å². The molecule has 0 spiro atoms. The Morgan fingerprint density at radius 2 is 2.00 bits per heavy atom.